The topological polar surface area (TPSA) is 274 Å². The zero-order valence-corrected chi connectivity index (χ0v) is 40.7. The number of amides is 6. The van der Waals surface area contributed by atoms with E-state index in [0.717, 1.165) is 5.56 Å². The van der Waals surface area contributed by atoms with Crippen LogP contribution in [0.1, 0.15) is 91.9 Å². The van der Waals surface area contributed by atoms with Crippen LogP contribution in [0.3, 0.4) is 0 Å². The fourth-order valence-electron chi connectivity index (χ4n) is 9.34. The Balaban J connectivity index is 1.02. The van der Waals surface area contributed by atoms with Crippen LogP contribution in [-0.4, -0.2) is 124 Å². The molecule has 3 aliphatic rings. The van der Waals surface area contributed by atoms with Crippen molar-refractivity contribution in [3.05, 3.63) is 97.6 Å². The predicted molar refractivity (Wildman–Crippen MR) is 256 cm³/mol. The molecule has 7 N–H and O–H groups in total. The molecule has 0 unspecified atom stereocenters. The fourth-order valence-corrected chi connectivity index (χ4v) is 9.34. The number of nitrogens with zero attached hydrogens (tertiary/aromatic N) is 4. The van der Waals surface area contributed by atoms with Gasteiger partial charge in [0.15, 0.2) is 5.60 Å². The van der Waals surface area contributed by atoms with Gasteiger partial charge in [0.1, 0.15) is 30.6 Å². The first-order valence-corrected chi connectivity index (χ1v) is 23.5. The van der Waals surface area contributed by atoms with Gasteiger partial charge in [-0.1, -0.05) is 37.3 Å². The molecule has 0 fully saturated rings. The number of benzene rings is 2. The lowest BCUT2D eigenvalue weighted by molar-refractivity contribution is -0.172. The molecule has 71 heavy (non-hydrogen) atoms. The number of hydrogen-bond acceptors (Lipinski definition) is 13. The fraction of sp³-hybridized carbons (Fsp3) is 0.460. The summed E-state index contributed by atoms with van der Waals surface area (Å²) in [6.45, 7) is 7.05. The van der Waals surface area contributed by atoms with Crippen LogP contribution < -0.4 is 32.6 Å². The second-order valence-electron chi connectivity index (χ2n) is 19.2. The minimum atomic E-state index is -2.04. The van der Waals surface area contributed by atoms with Gasteiger partial charge in [-0.3, -0.25) is 28.8 Å². The molecule has 378 valence electrons. The SMILES string of the molecule is CC[C@@]1(O)C(=O)OCc2c1cc1n(c2=O)Cc2c-1nc1cc(F)c(C)c3c1c2[C@@H](NC(=O)CCN(C)CCN(CC(N)=O)C(=O)[C@H](Cc1ccccc1)NC(=O)CNC(=O)CNC(=O)OC(C)(C)C)CC3. The molecular formula is C50H60FN9O11. The van der Waals surface area contributed by atoms with Crippen molar-refractivity contribution in [1.29, 1.82) is 0 Å². The lowest BCUT2D eigenvalue weighted by atomic mass is 9.81. The van der Waals surface area contributed by atoms with Crippen molar-refractivity contribution in [3.63, 3.8) is 0 Å². The number of halogens is 1. The van der Waals surface area contributed by atoms with Crippen molar-refractivity contribution in [2.24, 2.45) is 5.73 Å². The first kappa shape index (κ1) is 51.6. The van der Waals surface area contributed by atoms with E-state index in [2.05, 4.69) is 21.3 Å². The van der Waals surface area contributed by atoms with Gasteiger partial charge in [0, 0.05) is 55.1 Å². The number of cyclic esters (lactones) is 1. The molecule has 0 saturated carbocycles. The third-order valence-corrected chi connectivity index (χ3v) is 13.0. The molecule has 2 aromatic carbocycles. The Morgan fingerprint density at radius 2 is 1.72 bits per heavy atom. The number of carbonyl (C=O) groups excluding carboxylic acids is 7. The maximum Gasteiger partial charge on any atom is 0.408 e. The van der Waals surface area contributed by atoms with Gasteiger partial charge in [0.2, 0.25) is 29.5 Å². The second-order valence-corrected chi connectivity index (χ2v) is 19.2. The Morgan fingerprint density at radius 3 is 2.41 bits per heavy atom. The molecule has 20 nitrogen and oxygen atoms in total. The summed E-state index contributed by atoms with van der Waals surface area (Å²) in [5.41, 5.74) is 7.02. The summed E-state index contributed by atoms with van der Waals surface area (Å²) in [5.74, 6) is -4.39. The van der Waals surface area contributed by atoms with Gasteiger partial charge in [-0.25, -0.2) is 19.0 Å². The van der Waals surface area contributed by atoms with Crippen LogP contribution >= 0.6 is 0 Å². The van der Waals surface area contributed by atoms with Gasteiger partial charge < -0.3 is 55.9 Å². The minimum Gasteiger partial charge on any atom is -0.458 e. The number of alkyl carbamates (subject to hydrolysis) is 1. The molecule has 6 amide bonds. The summed E-state index contributed by atoms with van der Waals surface area (Å²) in [7, 11) is 1.74. The molecule has 4 aromatic rings. The molecule has 2 aliphatic heterocycles. The van der Waals surface area contributed by atoms with Crippen LogP contribution in [0.4, 0.5) is 9.18 Å². The molecule has 0 radical (unpaired) electrons. The third kappa shape index (κ3) is 11.4. The number of ether oxygens (including phenoxy) is 2. The minimum absolute atomic E-state index is 0.0100. The summed E-state index contributed by atoms with van der Waals surface area (Å²) >= 11 is 0. The number of likely N-dealkylation sites (N-methyl/N-ethyl adjacent to an activating group) is 1. The van der Waals surface area contributed by atoms with Crippen LogP contribution in [0, 0.1) is 12.7 Å². The number of pyridine rings is 2. The van der Waals surface area contributed by atoms with Crippen molar-refractivity contribution in [2.45, 2.75) is 103 Å². The highest BCUT2D eigenvalue weighted by Gasteiger charge is 2.46. The quantitative estimate of drug-likeness (QED) is 0.0683. The van der Waals surface area contributed by atoms with Gasteiger partial charge in [-0.2, -0.15) is 0 Å². The molecule has 0 saturated heterocycles. The van der Waals surface area contributed by atoms with Crippen molar-refractivity contribution < 1.29 is 52.5 Å². The highest BCUT2D eigenvalue weighted by molar-refractivity contribution is 5.95. The Hall–Kier alpha value is -7.26. The maximum absolute atomic E-state index is 15.4. The van der Waals surface area contributed by atoms with Gasteiger partial charge in [-0.15, -0.1) is 0 Å². The van der Waals surface area contributed by atoms with E-state index in [-0.39, 0.29) is 69.1 Å². The third-order valence-electron chi connectivity index (χ3n) is 13.0. The normalized spacial score (nSPS) is 17.0. The summed E-state index contributed by atoms with van der Waals surface area (Å²) in [4.78, 5) is 113. The number of hydrogen-bond donors (Lipinski definition) is 6. The molecule has 2 aromatic heterocycles. The number of nitrogens with two attached hydrogens (primary N) is 1. The van der Waals surface area contributed by atoms with E-state index in [4.69, 9.17) is 20.2 Å². The van der Waals surface area contributed by atoms with Crippen LogP contribution in [0.25, 0.3) is 22.3 Å². The molecule has 0 bridgehead atoms. The number of esters is 1. The number of aromatic nitrogens is 2. The Labute approximate surface area is 408 Å². The van der Waals surface area contributed by atoms with Gasteiger partial charge >= 0.3 is 12.1 Å². The first-order valence-electron chi connectivity index (χ1n) is 23.5. The van der Waals surface area contributed by atoms with E-state index >= 15 is 4.39 Å². The van der Waals surface area contributed by atoms with Gasteiger partial charge in [0.25, 0.3) is 5.56 Å². The van der Waals surface area contributed by atoms with E-state index in [9.17, 15) is 43.5 Å². The first-order chi connectivity index (χ1) is 33.6. The maximum atomic E-state index is 15.4. The number of aliphatic hydroxyl groups is 1. The van der Waals surface area contributed by atoms with E-state index in [1.54, 1.807) is 83.0 Å². The second kappa shape index (κ2) is 21.0. The average molecular weight is 982 g/mol. The summed E-state index contributed by atoms with van der Waals surface area (Å²) in [6, 6.07) is 10.1. The van der Waals surface area contributed by atoms with E-state index in [0.29, 0.717) is 57.4 Å². The highest BCUT2D eigenvalue weighted by Crippen LogP contribution is 2.46. The number of carbonyl (C=O) groups is 7. The largest absolute Gasteiger partial charge is 0.458 e. The summed E-state index contributed by atoms with van der Waals surface area (Å²) < 4.78 is 27.3. The lowest BCUT2D eigenvalue weighted by Gasteiger charge is -2.31. The van der Waals surface area contributed by atoms with Gasteiger partial charge in [0.05, 0.1) is 48.1 Å². The standard InChI is InChI=1S/C50H60FN9O11/c1-7-50(69)32-20-37-44-30(24-60(37)45(65)31(32)26-70-47(50)67)43-34(14-13-29-27(2)33(51)21-35(57-44)42(29)43)55-39(62)15-16-58(6)17-18-59(25-38(52)61)46(66)36(19-28-11-9-8-10-12-28)56-41(64)23-53-40(63)22-54-48(68)71-49(3,4)5/h8-12,20-21,34,36,69H,7,13-19,22-26H2,1-6H3,(H2,52,61)(H,53,63)(H,54,68)(H,55,62)(H,56,64)/t34-,36-,50-/m0/s1. The molecule has 21 heteroatoms. The molecular weight excluding hydrogens is 922 g/mol. The Bertz CT molecular complexity index is 2870. The predicted octanol–water partition coefficient (Wildman–Crippen LogP) is 1.63. The summed E-state index contributed by atoms with van der Waals surface area (Å²) in [5, 5.41) is 22.6. The zero-order valence-electron chi connectivity index (χ0n) is 40.7. The Morgan fingerprint density at radius 1 is 1.00 bits per heavy atom. The van der Waals surface area contributed by atoms with E-state index in [1.807, 2.05) is 0 Å². The summed E-state index contributed by atoms with van der Waals surface area (Å²) in [6.07, 6.45) is 0.0782. The van der Waals surface area contributed by atoms with Crippen molar-refractivity contribution in [2.75, 3.05) is 46.3 Å². The number of nitrogens with one attached hydrogen (secondary N) is 4. The number of aryl methyl sites for hydroxylation is 1. The number of rotatable bonds is 18. The number of primary amides is 1. The lowest BCUT2D eigenvalue weighted by Crippen LogP contribution is -2.54. The van der Waals surface area contributed by atoms with Crippen LogP contribution in [0.2, 0.25) is 0 Å². The van der Waals surface area contributed by atoms with Crippen molar-refractivity contribution in [3.8, 4) is 11.4 Å². The van der Waals surface area contributed by atoms with Crippen molar-refractivity contribution >= 4 is 52.5 Å². The number of fused-ring (bicyclic) bond motifs is 5. The molecule has 4 heterocycles. The Kier molecular flexibility index (Phi) is 15.3. The smallest absolute Gasteiger partial charge is 0.408 e. The van der Waals surface area contributed by atoms with E-state index < -0.39 is 90.0 Å². The van der Waals surface area contributed by atoms with Crippen LogP contribution in [-0.2, 0) is 69.8 Å². The van der Waals surface area contributed by atoms with Crippen molar-refractivity contribution in [1.82, 2.24) is 40.6 Å². The zero-order chi connectivity index (χ0) is 51.5. The molecule has 3 atom stereocenters. The highest BCUT2D eigenvalue weighted by atomic mass is 19.1. The monoisotopic (exact) mass is 981 g/mol. The van der Waals surface area contributed by atoms with E-state index in [1.165, 1.54) is 15.5 Å². The molecule has 1 aliphatic carbocycles. The van der Waals surface area contributed by atoms with Gasteiger partial charge in [-0.05, 0) is 82.3 Å². The molecule has 0 spiro atoms. The van der Waals surface area contributed by atoms with Crippen LogP contribution in [0.15, 0.2) is 47.3 Å². The molecule has 7 rings (SSSR count). The van der Waals surface area contributed by atoms with Crippen LogP contribution in [0.5, 0.6) is 0 Å². The average Bonchev–Trinajstić information content (AvgIpc) is 3.69.